The zero-order valence-electron chi connectivity index (χ0n) is 12.8. The van der Waals surface area contributed by atoms with Crippen LogP contribution in [0.1, 0.15) is 44.1 Å². The largest absolute Gasteiger partial charge is 0.335 e. The molecule has 1 heterocycles. The minimum absolute atomic E-state index is 0.316. The first-order chi connectivity index (χ1) is 10.2. The van der Waals surface area contributed by atoms with Crippen molar-refractivity contribution in [3.63, 3.8) is 0 Å². The molecule has 0 amide bonds. The first kappa shape index (κ1) is 16.2. The average Bonchev–Trinajstić information content (AvgIpc) is 2.92. The van der Waals surface area contributed by atoms with Crippen LogP contribution in [0.2, 0.25) is 0 Å². The second-order valence-electron chi connectivity index (χ2n) is 5.30. The van der Waals surface area contributed by atoms with Crippen molar-refractivity contribution in [2.24, 2.45) is 0 Å². The van der Waals surface area contributed by atoms with Crippen molar-refractivity contribution in [1.82, 2.24) is 14.9 Å². The normalized spacial score (nSPS) is 12.5. The van der Waals surface area contributed by atoms with Gasteiger partial charge in [-0.1, -0.05) is 41.9 Å². The van der Waals surface area contributed by atoms with Gasteiger partial charge in [0.2, 0.25) is 0 Å². The highest BCUT2D eigenvalue weighted by molar-refractivity contribution is 9.10. The summed E-state index contributed by atoms with van der Waals surface area (Å²) in [6.45, 7) is 6.46. The molecule has 0 aliphatic heterocycles. The molecule has 0 bridgehead atoms. The molecule has 0 aliphatic carbocycles. The van der Waals surface area contributed by atoms with Gasteiger partial charge in [-0.3, -0.25) is 0 Å². The number of hydrogen-bond donors (Lipinski definition) is 1. The third kappa shape index (κ3) is 4.68. The van der Waals surface area contributed by atoms with Crippen LogP contribution in [0.15, 0.2) is 41.1 Å². The lowest BCUT2D eigenvalue weighted by Crippen LogP contribution is -2.25. The van der Waals surface area contributed by atoms with E-state index >= 15 is 0 Å². The van der Waals surface area contributed by atoms with E-state index in [4.69, 9.17) is 0 Å². The molecule has 0 aliphatic rings. The van der Waals surface area contributed by atoms with Crippen molar-refractivity contribution < 1.29 is 0 Å². The molecule has 3 nitrogen and oxygen atoms in total. The molecule has 114 valence electrons. The summed E-state index contributed by atoms with van der Waals surface area (Å²) in [5.74, 6) is 1.16. The van der Waals surface area contributed by atoms with Gasteiger partial charge in [0.25, 0.3) is 0 Å². The maximum absolute atomic E-state index is 4.54. The molecular formula is C17H24BrN3. The van der Waals surface area contributed by atoms with Crippen molar-refractivity contribution in [3.8, 4) is 0 Å². The Hall–Kier alpha value is -1.13. The van der Waals surface area contributed by atoms with Gasteiger partial charge in [-0.2, -0.15) is 0 Å². The van der Waals surface area contributed by atoms with E-state index in [-0.39, 0.29) is 0 Å². The molecule has 0 saturated carbocycles. The first-order valence-corrected chi connectivity index (χ1v) is 8.52. The molecule has 1 aromatic carbocycles. The standard InChI is InChI=1S/C17H24BrN3/c1-3-9-19-16(14-5-7-15(18)8-6-14)13-17-20-10-12-21(17)11-4-2/h5-8,10,12,16,19H,3-4,9,11,13H2,1-2H3. The molecule has 0 spiro atoms. The Balaban J connectivity index is 2.15. The van der Waals surface area contributed by atoms with E-state index in [2.05, 4.69) is 75.1 Å². The Labute approximate surface area is 135 Å². The first-order valence-electron chi connectivity index (χ1n) is 7.73. The van der Waals surface area contributed by atoms with Crippen LogP contribution in [0.25, 0.3) is 0 Å². The third-order valence-corrected chi connectivity index (χ3v) is 4.09. The van der Waals surface area contributed by atoms with Crippen molar-refractivity contribution in [1.29, 1.82) is 0 Å². The molecule has 2 aromatic rings. The fraction of sp³-hybridized carbons (Fsp3) is 0.471. The Morgan fingerprint density at radius 1 is 1.19 bits per heavy atom. The fourth-order valence-electron chi connectivity index (χ4n) is 2.48. The Morgan fingerprint density at radius 2 is 1.95 bits per heavy atom. The molecule has 1 N–H and O–H groups in total. The lowest BCUT2D eigenvalue weighted by molar-refractivity contribution is 0.502. The number of hydrogen-bond acceptors (Lipinski definition) is 2. The number of nitrogens with one attached hydrogen (secondary N) is 1. The van der Waals surface area contributed by atoms with Crippen molar-refractivity contribution >= 4 is 15.9 Å². The van der Waals surface area contributed by atoms with Crippen LogP contribution in [0.5, 0.6) is 0 Å². The van der Waals surface area contributed by atoms with Gasteiger partial charge in [0.05, 0.1) is 0 Å². The number of nitrogens with zero attached hydrogens (tertiary/aromatic N) is 2. The van der Waals surface area contributed by atoms with E-state index in [1.54, 1.807) is 0 Å². The quantitative estimate of drug-likeness (QED) is 0.768. The molecule has 2 rings (SSSR count). The zero-order valence-corrected chi connectivity index (χ0v) is 14.4. The van der Waals surface area contributed by atoms with Gasteiger partial charge in [-0.05, 0) is 37.1 Å². The second-order valence-corrected chi connectivity index (χ2v) is 6.21. The van der Waals surface area contributed by atoms with Gasteiger partial charge in [0, 0.05) is 35.9 Å². The molecule has 0 saturated heterocycles. The summed E-state index contributed by atoms with van der Waals surface area (Å²) in [5, 5.41) is 3.64. The highest BCUT2D eigenvalue weighted by Crippen LogP contribution is 2.20. The Bertz CT molecular complexity index is 533. The Morgan fingerprint density at radius 3 is 2.62 bits per heavy atom. The topological polar surface area (TPSA) is 29.9 Å². The van der Waals surface area contributed by atoms with Gasteiger partial charge in [0.1, 0.15) is 5.82 Å². The molecule has 1 aromatic heterocycles. The van der Waals surface area contributed by atoms with Crippen LogP contribution in [0.3, 0.4) is 0 Å². The van der Waals surface area contributed by atoms with Crippen LogP contribution in [0, 0.1) is 0 Å². The van der Waals surface area contributed by atoms with Crippen molar-refractivity contribution in [3.05, 3.63) is 52.5 Å². The fourth-order valence-corrected chi connectivity index (χ4v) is 2.74. The number of aromatic nitrogens is 2. The predicted molar refractivity (Wildman–Crippen MR) is 91.4 cm³/mol. The number of halogens is 1. The predicted octanol–water partition coefficient (Wildman–Crippen LogP) is 4.34. The monoisotopic (exact) mass is 349 g/mol. The number of rotatable bonds is 8. The summed E-state index contributed by atoms with van der Waals surface area (Å²) < 4.78 is 3.38. The van der Waals surface area contributed by atoms with Crippen LogP contribution in [0.4, 0.5) is 0 Å². The minimum Gasteiger partial charge on any atom is -0.335 e. The number of benzene rings is 1. The second kappa shape index (κ2) is 8.35. The third-order valence-electron chi connectivity index (χ3n) is 3.57. The molecule has 0 fully saturated rings. The van der Waals surface area contributed by atoms with E-state index in [0.29, 0.717) is 6.04 Å². The SMILES string of the molecule is CCCNC(Cc1nccn1CCC)c1ccc(Br)cc1. The van der Waals surface area contributed by atoms with Gasteiger partial charge >= 0.3 is 0 Å². The molecule has 0 radical (unpaired) electrons. The Kier molecular flexibility index (Phi) is 6.46. The maximum atomic E-state index is 4.54. The molecule has 21 heavy (non-hydrogen) atoms. The van der Waals surface area contributed by atoms with Crippen molar-refractivity contribution in [2.45, 2.75) is 45.7 Å². The highest BCUT2D eigenvalue weighted by Gasteiger charge is 2.14. The molecule has 1 unspecified atom stereocenters. The van der Waals surface area contributed by atoms with Crippen LogP contribution in [-0.4, -0.2) is 16.1 Å². The van der Waals surface area contributed by atoms with Crippen LogP contribution >= 0.6 is 15.9 Å². The van der Waals surface area contributed by atoms with E-state index in [9.17, 15) is 0 Å². The molecule has 1 atom stereocenters. The van der Waals surface area contributed by atoms with Gasteiger partial charge in [-0.15, -0.1) is 0 Å². The van der Waals surface area contributed by atoms with Crippen molar-refractivity contribution in [2.75, 3.05) is 6.54 Å². The smallest absolute Gasteiger partial charge is 0.110 e. The van der Waals surface area contributed by atoms with E-state index in [1.165, 1.54) is 5.56 Å². The summed E-state index contributed by atoms with van der Waals surface area (Å²) in [4.78, 5) is 4.54. The molecular weight excluding hydrogens is 326 g/mol. The number of imidazole rings is 1. The van der Waals surface area contributed by atoms with E-state index in [0.717, 1.165) is 42.6 Å². The lowest BCUT2D eigenvalue weighted by atomic mass is 10.0. The summed E-state index contributed by atoms with van der Waals surface area (Å²) in [6, 6.07) is 8.90. The summed E-state index contributed by atoms with van der Waals surface area (Å²) >= 11 is 3.50. The number of aryl methyl sites for hydroxylation is 1. The zero-order chi connectivity index (χ0) is 15.1. The summed E-state index contributed by atoms with van der Waals surface area (Å²) in [5.41, 5.74) is 1.32. The van der Waals surface area contributed by atoms with Gasteiger partial charge < -0.3 is 9.88 Å². The summed E-state index contributed by atoms with van der Waals surface area (Å²) in [6.07, 6.45) is 7.18. The molecule has 4 heteroatoms. The van der Waals surface area contributed by atoms with Crippen LogP contribution < -0.4 is 5.32 Å². The van der Waals surface area contributed by atoms with Crippen LogP contribution in [-0.2, 0) is 13.0 Å². The van der Waals surface area contributed by atoms with E-state index < -0.39 is 0 Å². The lowest BCUT2D eigenvalue weighted by Gasteiger charge is -2.19. The van der Waals surface area contributed by atoms with Gasteiger partial charge in [0.15, 0.2) is 0 Å². The average molecular weight is 350 g/mol. The van der Waals surface area contributed by atoms with E-state index in [1.807, 2.05) is 6.20 Å². The van der Waals surface area contributed by atoms with Gasteiger partial charge in [-0.25, -0.2) is 4.98 Å². The minimum atomic E-state index is 0.316. The highest BCUT2D eigenvalue weighted by atomic mass is 79.9. The maximum Gasteiger partial charge on any atom is 0.110 e. The summed E-state index contributed by atoms with van der Waals surface area (Å²) in [7, 11) is 0.